The molecule has 1 atom stereocenters. The van der Waals surface area contributed by atoms with Crippen molar-refractivity contribution in [1.82, 2.24) is 4.90 Å². The number of carbonyl (C=O) groups is 1. The molecule has 0 bridgehead atoms. The fourth-order valence-electron chi connectivity index (χ4n) is 2.11. The van der Waals surface area contributed by atoms with Crippen LogP contribution < -0.4 is 0 Å². The van der Waals surface area contributed by atoms with Crippen LogP contribution in [0.1, 0.15) is 46.5 Å². The standard InChI is InChI=1S/C11H21NO/c1-4-5-10-6-7-12(9(2)3)11(13)8-10/h9-10H,4-8H2,1-3H3. The number of amides is 1. The van der Waals surface area contributed by atoms with Gasteiger partial charge in [0.2, 0.25) is 5.91 Å². The van der Waals surface area contributed by atoms with Gasteiger partial charge >= 0.3 is 0 Å². The molecule has 1 aliphatic heterocycles. The molecular formula is C11H21NO. The first-order valence-electron chi connectivity index (χ1n) is 5.44. The third-order valence-corrected chi connectivity index (χ3v) is 2.88. The summed E-state index contributed by atoms with van der Waals surface area (Å²) >= 11 is 0. The molecule has 1 rings (SSSR count). The first kappa shape index (κ1) is 10.6. The fourth-order valence-corrected chi connectivity index (χ4v) is 2.11. The third-order valence-electron chi connectivity index (χ3n) is 2.88. The molecule has 0 spiro atoms. The molecule has 1 heterocycles. The van der Waals surface area contributed by atoms with Gasteiger partial charge in [0.05, 0.1) is 0 Å². The number of hydrogen-bond acceptors (Lipinski definition) is 1. The summed E-state index contributed by atoms with van der Waals surface area (Å²) < 4.78 is 0. The van der Waals surface area contributed by atoms with Crippen LogP contribution in [-0.2, 0) is 4.79 Å². The normalized spacial score (nSPS) is 24.2. The highest BCUT2D eigenvalue weighted by Gasteiger charge is 2.26. The van der Waals surface area contributed by atoms with Gasteiger partial charge in [-0.25, -0.2) is 0 Å². The second kappa shape index (κ2) is 4.64. The van der Waals surface area contributed by atoms with Crippen molar-refractivity contribution in [2.75, 3.05) is 6.54 Å². The molecule has 0 aromatic carbocycles. The number of carbonyl (C=O) groups excluding carboxylic acids is 1. The van der Waals surface area contributed by atoms with Gasteiger partial charge in [-0.15, -0.1) is 0 Å². The van der Waals surface area contributed by atoms with E-state index in [0.717, 1.165) is 13.0 Å². The van der Waals surface area contributed by atoms with E-state index in [4.69, 9.17) is 0 Å². The molecule has 1 amide bonds. The minimum absolute atomic E-state index is 0.361. The summed E-state index contributed by atoms with van der Waals surface area (Å²) in [5, 5.41) is 0. The highest BCUT2D eigenvalue weighted by molar-refractivity contribution is 5.77. The van der Waals surface area contributed by atoms with E-state index in [1.807, 2.05) is 4.90 Å². The lowest BCUT2D eigenvalue weighted by atomic mass is 9.91. The van der Waals surface area contributed by atoms with Crippen molar-refractivity contribution in [3.8, 4) is 0 Å². The third kappa shape index (κ3) is 2.71. The number of nitrogens with zero attached hydrogens (tertiary/aromatic N) is 1. The molecule has 76 valence electrons. The molecule has 0 aromatic rings. The first-order chi connectivity index (χ1) is 6.15. The van der Waals surface area contributed by atoms with Gasteiger partial charge in [-0.05, 0) is 26.2 Å². The Bertz CT molecular complexity index is 177. The van der Waals surface area contributed by atoms with Gasteiger partial charge in [0, 0.05) is 19.0 Å². The van der Waals surface area contributed by atoms with Crippen LogP contribution in [0, 0.1) is 5.92 Å². The Balaban J connectivity index is 2.42. The van der Waals surface area contributed by atoms with Crippen LogP contribution in [0.2, 0.25) is 0 Å². The van der Waals surface area contributed by atoms with E-state index in [1.165, 1.54) is 19.3 Å². The number of hydrogen-bond donors (Lipinski definition) is 0. The predicted molar refractivity (Wildman–Crippen MR) is 54.5 cm³/mol. The molecule has 1 unspecified atom stereocenters. The summed E-state index contributed by atoms with van der Waals surface area (Å²) in [6.45, 7) is 7.36. The predicted octanol–water partition coefficient (Wildman–Crippen LogP) is 2.43. The number of likely N-dealkylation sites (tertiary alicyclic amines) is 1. The van der Waals surface area contributed by atoms with Gasteiger partial charge in [-0.2, -0.15) is 0 Å². The average Bonchev–Trinajstić information content (AvgIpc) is 2.04. The van der Waals surface area contributed by atoms with Crippen LogP contribution in [0.4, 0.5) is 0 Å². The summed E-state index contributed by atoms with van der Waals surface area (Å²) in [6, 6.07) is 0.384. The summed E-state index contributed by atoms with van der Waals surface area (Å²) in [6.07, 6.45) is 4.42. The SMILES string of the molecule is CCCC1CCN(C(C)C)C(=O)C1. The van der Waals surface area contributed by atoms with Crippen molar-refractivity contribution in [2.24, 2.45) is 5.92 Å². The minimum Gasteiger partial charge on any atom is -0.340 e. The summed E-state index contributed by atoms with van der Waals surface area (Å²) in [5.41, 5.74) is 0. The molecule has 1 aliphatic rings. The zero-order valence-corrected chi connectivity index (χ0v) is 9.05. The molecule has 2 heteroatoms. The van der Waals surface area contributed by atoms with Crippen molar-refractivity contribution in [1.29, 1.82) is 0 Å². The minimum atomic E-state index is 0.361. The maximum Gasteiger partial charge on any atom is 0.223 e. The maximum absolute atomic E-state index is 11.6. The molecule has 0 saturated carbocycles. The molecule has 1 saturated heterocycles. The summed E-state index contributed by atoms with van der Waals surface area (Å²) in [4.78, 5) is 13.7. The van der Waals surface area contributed by atoms with Crippen LogP contribution >= 0.6 is 0 Å². The Hall–Kier alpha value is -0.530. The van der Waals surface area contributed by atoms with Crippen LogP contribution in [0.3, 0.4) is 0 Å². The lowest BCUT2D eigenvalue weighted by Crippen LogP contribution is -2.42. The largest absolute Gasteiger partial charge is 0.340 e. The number of piperidine rings is 1. The van der Waals surface area contributed by atoms with E-state index in [0.29, 0.717) is 17.9 Å². The summed E-state index contributed by atoms with van der Waals surface area (Å²) in [7, 11) is 0. The van der Waals surface area contributed by atoms with E-state index < -0.39 is 0 Å². The van der Waals surface area contributed by atoms with Crippen LogP contribution in [-0.4, -0.2) is 23.4 Å². The van der Waals surface area contributed by atoms with Crippen LogP contribution in [0.25, 0.3) is 0 Å². The number of rotatable bonds is 3. The smallest absolute Gasteiger partial charge is 0.223 e. The molecule has 1 fully saturated rings. The lowest BCUT2D eigenvalue weighted by Gasteiger charge is -2.34. The van der Waals surface area contributed by atoms with E-state index in [1.54, 1.807) is 0 Å². The zero-order chi connectivity index (χ0) is 9.84. The second-order valence-corrected chi connectivity index (χ2v) is 4.33. The van der Waals surface area contributed by atoms with Gasteiger partial charge in [-0.3, -0.25) is 4.79 Å². The van der Waals surface area contributed by atoms with Crippen LogP contribution in [0.5, 0.6) is 0 Å². The van der Waals surface area contributed by atoms with Crippen molar-refractivity contribution in [2.45, 2.75) is 52.5 Å². The Kier molecular flexibility index (Phi) is 3.76. The van der Waals surface area contributed by atoms with Gasteiger partial charge in [0.15, 0.2) is 0 Å². The van der Waals surface area contributed by atoms with Crippen LogP contribution in [0.15, 0.2) is 0 Å². The molecule has 0 aliphatic carbocycles. The Morgan fingerprint density at radius 2 is 2.23 bits per heavy atom. The highest BCUT2D eigenvalue weighted by atomic mass is 16.2. The maximum atomic E-state index is 11.6. The molecule has 2 nitrogen and oxygen atoms in total. The van der Waals surface area contributed by atoms with E-state index in [-0.39, 0.29) is 0 Å². The van der Waals surface area contributed by atoms with E-state index in [2.05, 4.69) is 20.8 Å². The second-order valence-electron chi connectivity index (χ2n) is 4.33. The van der Waals surface area contributed by atoms with Gasteiger partial charge < -0.3 is 4.90 Å². The molecular weight excluding hydrogens is 162 g/mol. The molecule has 0 radical (unpaired) electrons. The monoisotopic (exact) mass is 183 g/mol. The van der Waals surface area contributed by atoms with Crippen molar-refractivity contribution in [3.63, 3.8) is 0 Å². The topological polar surface area (TPSA) is 20.3 Å². The van der Waals surface area contributed by atoms with E-state index in [9.17, 15) is 4.79 Å². The van der Waals surface area contributed by atoms with Crippen molar-refractivity contribution < 1.29 is 4.79 Å². The zero-order valence-electron chi connectivity index (χ0n) is 9.05. The van der Waals surface area contributed by atoms with Gasteiger partial charge in [0.25, 0.3) is 0 Å². The first-order valence-corrected chi connectivity index (χ1v) is 5.44. The van der Waals surface area contributed by atoms with Gasteiger partial charge in [-0.1, -0.05) is 19.8 Å². The molecule has 13 heavy (non-hydrogen) atoms. The Morgan fingerprint density at radius 1 is 1.54 bits per heavy atom. The van der Waals surface area contributed by atoms with Gasteiger partial charge in [0.1, 0.15) is 0 Å². The lowest BCUT2D eigenvalue weighted by molar-refractivity contribution is -0.136. The Morgan fingerprint density at radius 3 is 2.69 bits per heavy atom. The molecule has 0 N–H and O–H groups in total. The molecule has 0 aromatic heterocycles. The summed E-state index contributed by atoms with van der Waals surface area (Å²) in [5.74, 6) is 1.02. The van der Waals surface area contributed by atoms with Crippen molar-refractivity contribution in [3.05, 3.63) is 0 Å². The quantitative estimate of drug-likeness (QED) is 0.658. The van der Waals surface area contributed by atoms with E-state index >= 15 is 0 Å². The fraction of sp³-hybridized carbons (Fsp3) is 0.909. The van der Waals surface area contributed by atoms with Crippen molar-refractivity contribution >= 4 is 5.91 Å². The Labute approximate surface area is 81.3 Å². The average molecular weight is 183 g/mol. The highest BCUT2D eigenvalue weighted by Crippen LogP contribution is 2.23.